The van der Waals surface area contributed by atoms with E-state index in [1.807, 2.05) is 36.4 Å². The van der Waals surface area contributed by atoms with E-state index in [0.717, 1.165) is 52.7 Å². The van der Waals surface area contributed by atoms with E-state index in [1.54, 1.807) is 0 Å². The predicted molar refractivity (Wildman–Crippen MR) is 140 cm³/mol. The van der Waals surface area contributed by atoms with Gasteiger partial charge in [0.15, 0.2) is 0 Å². The Morgan fingerprint density at radius 1 is 1.12 bits per heavy atom. The Labute approximate surface area is 204 Å². The van der Waals surface area contributed by atoms with Crippen molar-refractivity contribution in [2.75, 3.05) is 40.3 Å². The van der Waals surface area contributed by atoms with E-state index in [9.17, 15) is 4.79 Å². The maximum atomic E-state index is 13.3. The average Bonchev–Trinajstić information content (AvgIpc) is 2.83. The highest BCUT2D eigenvalue weighted by atomic mass is 79.9. The van der Waals surface area contributed by atoms with Gasteiger partial charge >= 0.3 is 0 Å². The monoisotopic (exact) mass is 506 g/mol. The number of nitrogens with one attached hydrogen (secondary N) is 1. The molecule has 1 amide bonds. The summed E-state index contributed by atoms with van der Waals surface area (Å²) in [7, 11) is 4.25. The van der Waals surface area contributed by atoms with Gasteiger partial charge in [0, 0.05) is 42.1 Å². The second-order valence-corrected chi connectivity index (χ2v) is 9.71. The van der Waals surface area contributed by atoms with Gasteiger partial charge in [0.05, 0.1) is 16.8 Å². The number of likely N-dealkylation sites (N-methyl/N-ethyl adjacent to an activating group) is 2. The van der Waals surface area contributed by atoms with Crippen LogP contribution in [0.25, 0.3) is 23.1 Å². The number of pyridine rings is 1. The number of fused-ring (bicyclic) bond motifs is 1. The summed E-state index contributed by atoms with van der Waals surface area (Å²) in [5.41, 5.74) is 4.65. The molecule has 1 fully saturated rings. The van der Waals surface area contributed by atoms with Crippen LogP contribution in [0.1, 0.15) is 34.1 Å². The molecule has 0 radical (unpaired) electrons. The molecule has 2 heterocycles. The van der Waals surface area contributed by atoms with Crippen LogP contribution in [0.15, 0.2) is 53.0 Å². The third-order valence-corrected chi connectivity index (χ3v) is 6.84. The largest absolute Gasteiger partial charge is 0.350 e. The lowest BCUT2D eigenvalue weighted by Gasteiger charge is -2.37. The number of rotatable bonds is 6. The van der Waals surface area contributed by atoms with Crippen molar-refractivity contribution in [2.24, 2.45) is 0 Å². The summed E-state index contributed by atoms with van der Waals surface area (Å²) in [4.78, 5) is 22.7. The number of hydrogen-bond acceptors (Lipinski definition) is 4. The molecule has 1 aromatic heterocycles. The predicted octanol–water partition coefficient (Wildman–Crippen LogP) is 4.71. The maximum absolute atomic E-state index is 13.3. The summed E-state index contributed by atoms with van der Waals surface area (Å²) in [5.74, 6) is -0.0657. The number of nitrogens with zero attached hydrogens (tertiary/aromatic N) is 3. The first-order valence-corrected chi connectivity index (χ1v) is 12.3. The molecular formula is C27H31BrN4O. The molecule has 2 aromatic carbocycles. The Morgan fingerprint density at radius 2 is 1.91 bits per heavy atom. The molecule has 1 aliphatic heterocycles. The molecule has 3 aromatic rings. The van der Waals surface area contributed by atoms with Gasteiger partial charge in [-0.2, -0.15) is 0 Å². The van der Waals surface area contributed by atoms with Gasteiger partial charge in [-0.25, -0.2) is 4.98 Å². The molecule has 6 heteroatoms. The Bertz CT molecular complexity index is 1160. The molecule has 4 rings (SSSR count). The summed E-state index contributed by atoms with van der Waals surface area (Å²) in [6.07, 6.45) is 5.04. The highest BCUT2D eigenvalue weighted by Crippen LogP contribution is 2.24. The van der Waals surface area contributed by atoms with Crippen LogP contribution in [0.4, 0.5) is 0 Å². The Balaban J connectivity index is 1.59. The zero-order chi connectivity index (χ0) is 23.4. The number of carbonyl (C=O) groups is 1. The number of halogens is 1. The summed E-state index contributed by atoms with van der Waals surface area (Å²) in [5, 5.41) is 4.02. The van der Waals surface area contributed by atoms with E-state index in [2.05, 4.69) is 76.3 Å². The minimum absolute atomic E-state index is 0.0657. The molecule has 5 nitrogen and oxygen atoms in total. The quantitative estimate of drug-likeness (QED) is 0.526. The second kappa shape index (κ2) is 10.6. The SMILES string of the molecule is CCc1ccc(/C=C/c2cc(C(=O)NCC3CN(C)CCN3C)c3cc(Br)ccc3n2)cc1. The third kappa shape index (κ3) is 5.88. The molecule has 1 unspecified atom stereocenters. The highest BCUT2D eigenvalue weighted by molar-refractivity contribution is 9.10. The highest BCUT2D eigenvalue weighted by Gasteiger charge is 2.23. The molecular weight excluding hydrogens is 476 g/mol. The van der Waals surface area contributed by atoms with Crippen LogP contribution in [0.5, 0.6) is 0 Å². The lowest BCUT2D eigenvalue weighted by atomic mass is 10.1. The van der Waals surface area contributed by atoms with Gasteiger partial charge in [-0.05, 0) is 62.0 Å². The van der Waals surface area contributed by atoms with Crippen LogP contribution in [-0.4, -0.2) is 67.0 Å². The van der Waals surface area contributed by atoms with Crippen LogP contribution < -0.4 is 5.32 Å². The normalized spacial score (nSPS) is 17.6. The fraction of sp³-hybridized carbons (Fsp3) is 0.333. The lowest BCUT2D eigenvalue weighted by molar-refractivity contribution is 0.0882. The van der Waals surface area contributed by atoms with Crippen molar-refractivity contribution in [1.82, 2.24) is 20.1 Å². The smallest absolute Gasteiger partial charge is 0.252 e. The molecule has 0 spiro atoms. The fourth-order valence-electron chi connectivity index (χ4n) is 4.17. The minimum atomic E-state index is -0.0657. The fourth-order valence-corrected chi connectivity index (χ4v) is 4.53. The first kappa shape index (κ1) is 23.6. The molecule has 0 bridgehead atoms. The summed E-state index contributed by atoms with van der Waals surface area (Å²) in [6, 6.07) is 16.6. The number of aryl methyl sites for hydroxylation is 1. The lowest BCUT2D eigenvalue weighted by Crippen LogP contribution is -2.54. The molecule has 33 heavy (non-hydrogen) atoms. The van der Waals surface area contributed by atoms with E-state index < -0.39 is 0 Å². The average molecular weight is 507 g/mol. The summed E-state index contributed by atoms with van der Waals surface area (Å²) >= 11 is 3.54. The van der Waals surface area contributed by atoms with E-state index in [4.69, 9.17) is 4.98 Å². The van der Waals surface area contributed by atoms with Gasteiger partial charge in [-0.3, -0.25) is 9.69 Å². The topological polar surface area (TPSA) is 48.5 Å². The Kier molecular flexibility index (Phi) is 7.58. The van der Waals surface area contributed by atoms with Crippen molar-refractivity contribution >= 4 is 44.9 Å². The summed E-state index contributed by atoms with van der Waals surface area (Å²) < 4.78 is 0.929. The molecule has 172 valence electrons. The van der Waals surface area contributed by atoms with Crippen molar-refractivity contribution in [3.05, 3.63) is 75.4 Å². The molecule has 1 saturated heterocycles. The van der Waals surface area contributed by atoms with Crippen LogP contribution in [0.3, 0.4) is 0 Å². The van der Waals surface area contributed by atoms with Crippen molar-refractivity contribution in [3.8, 4) is 0 Å². The van der Waals surface area contributed by atoms with E-state index >= 15 is 0 Å². The van der Waals surface area contributed by atoms with E-state index in [0.29, 0.717) is 18.2 Å². The van der Waals surface area contributed by atoms with Crippen LogP contribution in [-0.2, 0) is 6.42 Å². The number of benzene rings is 2. The van der Waals surface area contributed by atoms with Crippen LogP contribution in [0, 0.1) is 0 Å². The van der Waals surface area contributed by atoms with Gasteiger partial charge in [0.1, 0.15) is 0 Å². The van der Waals surface area contributed by atoms with Gasteiger partial charge in [-0.15, -0.1) is 0 Å². The molecule has 0 aliphatic carbocycles. The van der Waals surface area contributed by atoms with E-state index in [1.165, 1.54) is 5.56 Å². The van der Waals surface area contributed by atoms with E-state index in [-0.39, 0.29) is 5.91 Å². The Hall–Kier alpha value is -2.54. The Morgan fingerprint density at radius 3 is 2.67 bits per heavy atom. The van der Waals surface area contributed by atoms with Crippen molar-refractivity contribution < 1.29 is 4.79 Å². The molecule has 1 atom stereocenters. The summed E-state index contributed by atoms with van der Waals surface area (Å²) in [6.45, 7) is 5.78. The van der Waals surface area contributed by atoms with Gasteiger partial charge < -0.3 is 10.2 Å². The van der Waals surface area contributed by atoms with Gasteiger partial charge in [-0.1, -0.05) is 53.2 Å². The zero-order valence-corrected chi connectivity index (χ0v) is 21.1. The van der Waals surface area contributed by atoms with Crippen LogP contribution in [0.2, 0.25) is 0 Å². The second-order valence-electron chi connectivity index (χ2n) is 8.79. The molecule has 1 aliphatic rings. The first-order valence-electron chi connectivity index (χ1n) is 11.5. The van der Waals surface area contributed by atoms with Crippen molar-refractivity contribution in [3.63, 3.8) is 0 Å². The standard InChI is InChI=1S/C27H31BrN4O/c1-4-19-5-7-20(8-6-19)9-11-22-16-25(24-15-21(28)10-12-26(24)30-22)27(33)29-17-23-18-31(2)13-14-32(23)3/h5-12,15-16,23H,4,13-14,17-18H2,1-3H3,(H,29,33)/b11-9+. The number of hydrogen-bond donors (Lipinski definition) is 1. The zero-order valence-electron chi connectivity index (χ0n) is 19.5. The number of carbonyl (C=O) groups excluding carboxylic acids is 1. The number of aromatic nitrogens is 1. The van der Waals surface area contributed by atoms with Crippen LogP contribution >= 0.6 is 15.9 Å². The van der Waals surface area contributed by atoms with Crippen molar-refractivity contribution in [2.45, 2.75) is 19.4 Å². The van der Waals surface area contributed by atoms with Gasteiger partial charge in [0.2, 0.25) is 0 Å². The third-order valence-electron chi connectivity index (χ3n) is 6.35. The van der Waals surface area contributed by atoms with Gasteiger partial charge in [0.25, 0.3) is 5.91 Å². The molecule has 0 saturated carbocycles. The number of piperazine rings is 1. The molecule has 1 N–H and O–H groups in total. The maximum Gasteiger partial charge on any atom is 0.252 e. The van der Waals surface area contributed by atoms with Crippen molar-refractivity contribution in [1.29, 1.82) is 0 Å². The first-order chi connectivity index (χ1) is 15.9. The number of amides is 1. The minimum Gasteiger partial charge on any atom is -0.350 e.